The van der Waals surface area contributed by atoms with Crippen LogP contribution in [0.3, 0.4) is 0 Å². The van der Waals surface area contributed by atoms with Gasteiger partial charge in [0.25, 0.3) is 17.6 Å². The number of hydrogen-bond donors (Lipinski definition) is 7. The van der Waals surface area contributed by atoms with Crippen LogP contribution in [0.5, 0.6) is 0 Å². The molecule has 1 unspecified atom stereocenters. The van der Waals surface area contributed by atoms with Gasteiger partial charge in [-0.05, 0) is 56.2 Å². The zero-order valence-corrected chi connectivity index (χ0v) is 26.9. The fourth-order valence-electron chi connectivity index (χ4n) is 4.57. The number of nitrogens with two attached hydrogens (primary N) is 3. The van der Waals surface area contributed by atoms with Crippen molar-refractivity contribution >= 4 is 47.0 Å². The van der Waals surface area contributed by atoms with Gasteiger partial charge in [-0.1, -0.05) is 30.3 Å². The number of benzene rings is 2. The number of nitrogens with one attached hydrogen (secondary N) is 2. The highest BCUT2D eigenvalue weighted by Crippen LogP contribution is 2.20. The van der Waals surface area contributed by atoms with E-state index < -0.39 is 46.8 Å². The van der Waals surface area contributed by atoms with Crippen LogP contribution in [0, 0.1) is 10.1 Å². The number of aliphatic carboxylic acids is 2. The normalized spacial score (nSPS) is 14.6. The van der Waals surface area contributed by atoms with Crippen LogP contribution in [-0.2, 0) is 30.4 Å². The minimum atomic E-state index is -0.964. The largest absolute Gasteiger partial charge is 0.481 e. The number of nitro groups is 1. The molecule has 3 atom stereocenters. The van der Waals surface area contributed by atoms with Crippen LogP contribution in [-0.4, -0.2) is 86.9 Å². The quantitative estimate of drug-likeness (QED) is 0.0550. The molecule has 17 nitrogen and oxygen atoms in total. The monoisotopic (exact) mass is 672 g/mol. The number of carbonyl (C=O) groups is 5. The molecule has 2 aromatic carbocycles. The Balaban J connectivity index is 0.00000129. The second-order valence-electron chi connectivity index (χ2n) is 10.7. The van der Waals surface area contributed by atoms with Gasteiger partial charge in [0.1, 0.15) is 12.1 Å². The van der Waals surface area contributed by atoms with Gasteiger partial charge in [-0.3, -0.25) is 39.1 Å². The smallest absolute Gasteiger partial charge is 0.300 e. The van der Waals surface area contributed by atoms with E-state index in [1.165, 1.54) is 29.2 Å². The summed E-state index contributed by atoms with van der Waals surface area (Å²) in [4.78, 5) is 73.7. The van der Waals surface area contributed by atoms with Crippen molar-refractivity contribution in [3.8, 4) is 0 Å². The summed E-state index contributed by atoms with van der Waals surface area (Å²) in [6, 6.07) is 12.2. The highest BCUT2D eigenvalue weighted by molar-refractivity contribution is 5.98. The van der Waals surface area contributed by atoms with E-state index in [1.54, 1.807) is 0 Å². The maximum atomic E-state index is 13.5. The number of piperidine rings is 1. The first-order valence-corrected chi connectivity index (χ1v) is 15.0. The Hall–Kier alpha value is -5.58. The Kier molecular flexibility index (Phi) is 17.9. The fourth-order valence-corrected chi connectivity index (χ4v) is 4.57. The average Bonchev–Trinajstić information content (AvgIpc) is 3.02. The highest BCUT2D eigenvalue weighted by Gasteiger charge is 2.36. The van der Waals surface area contributed by atoms with E-state index in [2.05, 4.69) is 15.6 Å². The van der Waals surface area contributed by atoms with Crippen LogP contribution in [0.1, 0.15) is 51.5 Å². The summed E-state index contributed by atoms with van der Waals surface area (Å²) >= 11 is 0. The lowest BCUT2D eigenvalue weighted by Crippen LogP contribution is -2.58. The van der Waals surface area contributed by atoms with E-state index in [0.717, 1.165) is 32.3 Å². The first-order valence-electron chi connectivity index (χ1n) is 15.0. The van der Waals surface area contributed by atoms with E-state index in [4.69, 9.17) is 37.0 Å². The number of anilines is 1. The molecular formula is C31H44N8O9. The van der Waals surface area contributed by atoms with Gasteiger partial charge in [0.05, 0.1) is 11.0 Å². The van der Waals surface area contributed by atoms with Gasteiger partial charge < -0.3 is 42.9 Å². The first kappa shape index (κ1) is 40.4. The van der Waals surface area contributed by atoms with Crippen LogP contribution in [0.2, 0.25) is 0 Å². The fraction of sp³-hybridized carbons (Fsp3) is 0.419. The van der Waals surface area contributed by atoms with Gasteiger partial charge >= 0.3 is 0 Å². The number of rotatable bonds is 12. The van der Waals surface area contributed by atoms with Crippen molar-refractivity contribution in [1.29, 1.82) is 0 Å². The zero-order valence-electron chi connectivity index (χ0n) is 26.9. The number of carboxylic acid groups (broad SMARTS) is 2. The van der Waals surface area contributed by atoms with Gasteiger partial charge in [-0.2, -0.15) is 0 Å². The second kappa shape index (κ2) is 21.3. The van der Waals surface area contributed by atoms with Crippen molar-refractivity contribution < 1.29 is 39.1 Å². The number of nitrogens with zero attached hydrogens (tertiary/aromatic N) is 3. The molecule has 1 fully saturated rings. The lowest BCUT2D eigenvalue weighted by Gasteiger charge is -2.37. The number of aliphatic imine (C=N–C) groups is 1. The van der Waals surface area contributed by atoms with E-state index in [0.29, 0.717) is 31.5 Å². The molecule has 0 aromatic heterocycles. The van der Waals surface area contributed by atoms with Crippen molar-refractivity contribution in [2.24, 2.45) is 22.2 Å². The molecule has 17 heteroatoms. The standard InChI is InChI=1S/C27H36N8O5.2C2H4O2/c28-21(17-18-7-2-1-3-8-18)26(38)34-16-5-4-10-23(34)25(37)33-22(9-6-15-31-27(29)30)24(36)32-19-11-13-20(14-12-19)35(39)40;2*1-2(3)4/h1-3,7-8,11-14,21-23H,4-6,9-10,15-17,28H2,(H,32,36)(H,33,37)(H4,29,30,31);2*1H3,(H,3,4)/t21-,22+,23?;;/m1../s1. The minimum Gasteiger partial charge on any atom is -0.481 e. The molecule has 0 saturated carbocycles. The number of guanidine groups is 1. The van der Waals surface area contributed by atoms with Crippen LogP contribution in [0.4, 0.5) is 11.4 Å². The number of likely N-dealkylation sites (tertiary alicyclic amines) is 1. The SMILES string of the molecule is CC(=O)O.CC(=O)O.NC(N)=NCCC[C@H](NC(=O)C1CCCCN1C(=O)[C@H](N)Cc1ccccc1)C(=O)Nc1ccc([N+](=O)[O-])cc1. The molecule has 3 rings (SSSR count). The van der Waals surface area contributed by atoms with Crippen LogP contribution in [0.25, 0.3) is 0 Å². The van der Waals surface area contributed by atoms with Gasteiger partial charge in [-0.15, -0.1) is 0 Å². The number of nitro benzene ring substituents is 1. The average molecular weight is 673 g/mol. The van der Waals surface area contributed by atoms with Gasteiger partial charge in [-0.25, -0.2) is 0 Å². The van der Waals surface area contributed by atoms with E-state index in [1.807, 2.05) is 30.3 Å². The number of carbonyl (C=O) groups excluding carboxylic acids is 3. The summed E-state index contributed by atoms with van der Waals surface area (Å²) < 4.78 is 0. The lowest BCUT2D eigenvalue weighted by molar-refractivity contribution is -0.384. The van der Waals surface area contributed by atoms with Crippen molar-refractivity contribution in [2.75, 3.05) is 18.4 Å². The Morgan fingerprint density at radius 3 is 2.12 bits per heavy atom. The van der Waals surface area contributed by atoms with E-state index in [9.17, 15) is 24.5 Å². The maximum Gasteiger partial charge on any atom is 0.300 e. The summed E-state index contributed by atoms with van der Waals surface area (Å²) in [5, 5.41) is 31.2. The third kappa shape index (κ3) is 16.1. The topological polar surface area (TPSA) is 287 Å². The minimum absolute atomic E-state index is 0.0841. The summed E-state index contributed by atoms with van der Waals surface area (Å²) in [6.07, 6.45) is 2.90. The number of carboxylic acids is 2. The van der Waals surface area contributed by atoms with Gasteiger partial charge in [0.15, 0.2) is 5.96 Å². The van der Waals surface area contributed by atoms with Gasteiger partial charge in [0.2, 0.25) is 17.7 Å². The molecule has 3 amide bonds. The molecule has 2 aromatic rings. The Morgan fingerprint density at radius 2 is 1.58 bits per heavy atom. The first-order chi connectivity index (χ1) is 22.6. The predicted molar refractivity (Wildman–Crippen MR) is 178 cm³/mol. The molecule has 1 heterocycles. The molecule has 1 saturated heterocycles. The molecule has 1 aliphatic rings. The lowest BCUT2D eigenvalue weighted by atomic mass is 9.98. The van der Waals surface area contributed by atoms with Crippen molar-refractivity contribution in [2.45, 2.75) is 70.5 Å². The number of hydrogen-bond acceptors (Lipinski definition) is 9. The summed E-state index contributed by atoms with van der Waals surface area (Å²) in [6.45, 7) is 2.81. The Labute approximate surface area is 277 Å². The summed E-state index contributed by atoms with van der Waals surface area (Å²) in [7, 11) is 0. The summed E-state index contributed by atoms with van der Waals surface area (Å²) in [5.41, 5.74) is 18.2. The summed E-state index contributed by atoms with van der Waals surface area (Å²) in [5.74, 6) is -3.03. The van der Waals surface area contributed by atoms with Gasteiger partial charge in [0, 0.05) is 44.8 Å². The van der Waals surface area contributed by atoms with Crippen molar-refractivity contribution in [3.63, 3.8) is 0 Å². The number of non-ortho nitro benzene ring substituents is 1. The molecule has 0 radical (unpaired) electrons. The predicted octanol–water partition coefficient (Wildman–Crippen LogP) is 1.20. The molecule has 0 aliphatic carbocycles. The molecule has 0 bridgehead atoms. The second-order valence-corrected chi connectivity index (χ2v) is 10.7. The van der Waals surface area contributed by atoms with Crippen LogP contribution < -0.4 is 27.8 Å². The third-order valence-corrected chi connectivity index (χ3v) is 6.63. The molecule has 262 valence electrons. The van der Waals surface area contributed by atoms with Crippen LogP contribution >= 0.6 is 0 Å². The molecular weight excluding hydrogens is 628 g/mol. The Morgan fingerprint density at radius 1 is 1.00 bits per heavy atom. The number of amides is 3. The molecule has 10 N–H and O–H groups in total. The Bertz CT molecular complexity index is 1380. The van der Waals surface area contributed by atoms with E-state index in [-0.39, 0.29) is 30.5 Å². The third-order valence-electron chi connectivity index (χ3n) is 6.63. The van der Waals surface area contributed by atoms with Crippen molar-refractivity contribution in [1.82, 2.24) is 10.2 Å². The maximum absolute atomic E-state index is 13.5. The van der Waals surface area contributed by atoms with E-state index >= 15 is 0 Å². The zero-order chi connectivity index (χ0) is 36.2. The molecule has 0 spiro atoms. The van der Waals surface area contributed by atoms with Crippen molar-refractivity contribution in [3.05, 3.63) is 70.3 Å². The molecule has 48 heavy (non-hydrogen) atoms. The highest BCUT2D eigenvalue weighted by atomic mass is 16.6. The molecule has 1 aliphatic heterocycles. The van der Waals surface area contributed by atoms with Crippen LogP contribution in [0.15, 0.2) is 59.6 Å².